The van der Waals surface area contributed by atoms with Crippen molar-refractivity contribution in [2.75, 3.05) is 0 Å². The Morgan fingerprint density at radius 2 is 0.823 bits per heavy atom. The van der Waals surface area contributed by atoms with Gasteiger partial charge in [0.2, 0.25) is 0 Å². The molecule has 2 heterocycles. The first-order valence-corrected chi connectivity index (χ1v) is 22.7. The quantitative estimate of drug-likeness (QED) is 0.0873. The standard InChI is InChI=1S/C54H63O7P/c1-30-22-34(43-39-26-36(51(5,6)7)28-41(53(11,12)13)47(39)57-49(43)55)23-31(2)45(30)60-62(59-38-20-18-17-19-21-38)61-46-32(3)24-35(25-33(46)4)44-40-27-37(52(8,9)10)29-42(54(14,15)16)48(40)58-50(44)56/h17-29,43-44H,1-16H3. The molecule has 0 saturated carbocycles. The van der Waals surface area contributed by atoms with E-state index < -0.39 is 20.4 Å². The molecule has 0 aliphatic carbocycles. The van der Waals surface area contributed by atoms with Gasteiger partial charge >= 0.3 is 20.5 Å². The third-order valence-corrected chi connectivity index (χ3v) is 13.0. The van der Waals surface area contributed by atoms with Crippen LogP contribution < -0.4 is 23.0 Å². The first-order chi connectivity index (χ1) is 28.7. The van der Waals surface area contributed by atoms with E-state index in [1.54, 1.807) is 0 Å². The molecular weight excluding hydrogens is 792 g/mol. The predicted octanol–water partition coefficient (Wildman–Crippen LogP) is 14.0. The van der Waals surface area contributed by atoms with Crippen LogP contribution in [-0.4, -0.2) is 11.9 Å². The van der Waals surface area contributed by atoms with Gasteiger partial charge < -0.3 is 23.0 Å². The van der Waals surface area contributed by atoms with Crippen LogP contribution in [0.5, 0.6) is 28.7 Å². The van der Waals surface area contributed by atoms with Gasteiger partial charge in [0.15, 0.2) is 0 Å². The molecule has 0 amide bonds. The lowest BCUT2D eigenvalue weighted by Crippen LogP contribution is -2.17. The molecule has 2 unspecified atom stereocenters. The molecule has 326 valence electrons. The van der Waals surface area contributed by atoms with Gasteiger partial charge in [0.25, 0.3) is 0 Å². The topological polar surface area (TPSA) is 80.3 Å². The Labute approximate surface area is 370 Å². The number of aryl methyl sites for hydroxylation is 4. The van der Waals surface area contributed by atoms with Crippen molar-refractivity contribution < 1.29 is 32.6 Å². The molecule has 5 aromatic rings. The molecule has 62 heavy (non-hydrogen) atoms. The highest BCUT2D eigenvalue weighted by molar-refractivity contribution is 7.43. The van der Waals surface area contributed by atoms with Crippen LogP contribution >= 0.6 is 8.60 Å². The molecule has 2 aliphatic heterocycles. The van der Waals surface area contributed by atoms with Crippen LogP contribution in [0, 0.1) is 27.7 Å². The Hall–Kier alpha value is -5.13. The lowest BCUT2D eigenvalue weighted by Gasteiger charge is -2.27. The minimum absolute atomic E-state index is 0.123. The maximum Gasteiger partial charge on any atom is 0.530 e. The van der Waals surface area contributed by atoms with E-state index in [-0.39, 0.29) is 33.6 Å². The fourth-order valence-corrected chi connectivity index (χ4v) is 9.78. The Kier molecular flexibility index (Phi) is 11.5. The summed E-state index contributed by atoms with van der Waals surface area (Å²) in [6.07, 6.45) is 0. The van der Waals surface area contributed by atoms with Gasteiger partial charge in [0.1, 0.15) is 40.6 Å². The van der Waals surface area contributed by atoms with E-state index in [2.05, 4.69) is 107 Å². The fourth-order valence-electron chi connectivity index (χ4n) is 8.50. The third kappa shape index (κ3) is 8.75. The summed E-state index contributed by atoms with van der Waals surface area (Å²) in [4.78, 5) is 27.6. The number of esters is 2. The number of fused-ring (bicyclic) bond motifs is 2. The number of para-hydroxylation sites is 1. The van der Waals surface area contributed by atoms with Crippen molar-refractivity contribution in [1.29, 1.82) is 0 Å². The minimum Gasteiger partial charge on any atom is -0.425 e. The van der Waals surface area contributed by atoms with Crippen LogP contribution in [0.3, 0.4) is 0 Å². The summed E-state index contributed by atoms with van der Waals surface area (Å²) in [7, 11) is -2.05. The normalized spacial score (nSPS) is 17.0. The highest BCUT2D eigenvalue weighted by Gasteiger charge is 2.42. The number of hydrogen-bond acceptors (Lipinski definition) is 7. The summed E-state index contributed by atoms with van der Waals surface area (Å²) in [5.41, 5.74) is 10.5. The zero-order valence-electron chi connectivity index (χ0n) is 39.5. The molecule has 2 aliphatic rings. The smallest absolute Gasteiger partial charge is 0.425 e. The van der Waals surface area contributed by atoms with Gasteiger partial charge in [-0.15, -0.1) is 0 Å². The second-order valence-corrected chi connectivity index (χ2v) is 22.4. The Balaban J connectivity index is 1.24. The fraction of sp³-hybridized carbons (Fsp3) is 0.407. The number of carbonyl (C=O) groups is 2. The molecule has 0 bridgehead atoms. The molecule has 0 N–H and O–H groups in total. The second-order valence-electron chi connectivity index (χ2n) is 21.4. The monoisotopic (exact) mass is 854 g/mol. The minimum atomic E-state index is -2.05. The first-order valence-electron chi connectivity index (χ1n) is 21.6. The Morgan fingerprint density at radius 3 is 1.15 bits per heavy atom. The zero-order valence-corrected chi connectivity index (χ0v) is 40.4. The van der Waals surface area contributed by atoms with Crippen molar-refractivity contribution in [3.05, 3.63) is 146 Å². The lowest BCUT2D eigenvalue weighted by molar-refractivity contribution is -0.134. The molecule has 2 atom stereocenters. The summed E-state index contributed by atoms with van der Waals surface area (Å²) in [5.74, 6) is 1.44. The van der Waals surface area contributed by atoms with Crippen molar-refractivity contribution in [2.45, 2.75) is 144 Å². The first kappa shape index (κ1) is 44.9. The zero-order chi connectivity index (χ0) is 45.4. The van der Waals surface area contributed by atoms with E-state index in [1.165, 1.54) is 0 Å². The average molecular weight is 855 g/mol. The van der Waals surface area contributed by atoms with Crippen LogP contribution in [0.1, 0.15) is 162 Å². The molecule has 5 aromatic carbocycles. The number of carbonyl (C=O) groups excluding carboxylic acids is 2. The summed E-state index contributed by atoms with van der Waals surface area (Å²) in [6.45, 7) is 34.0. The Bertz CT molecular complexity index is 2370. The van der Waals surface area contributed by atoms with Crippen LogP contribution in [0.25, 0.3) is 0 Å². The second kappa shape index (κ2) is 15.9. The van der Waals surface area contributed by atoms with Gasteiger partial charge in [-0.2, -0.15) is 0 Å². The molecule has 7 rings (SSSR count). The summed E-state index contributed by atoms with van der Waals surface area (Å²) < 4.78 is 32.2. The van der Waals surface area contributed by atoms with Gasteiger partial charge in [-0.05, 0) is 106 Å². The largest absolute Gasteiger partial charge is 0.530 e. The number of ether oxygens (including phenoxy) is 2. The van der Waals surface area contributed by atoms with Gasteiger partial charge in [0, 0.05) is 22.3 Å². The van der Waals surface area contributed by atoms with Gasteiger partial charge in [-0.3, -0.25) is 9.59 Å². The summed E-state index contributed by atoms with van der Waals surface area (Å²) >= 11 is 0. The van der Waals surface area contributed by atoms with Crippen molar-refractivity contribution in [1.82, 2.24) is 0 Å². The van der Waals surface area contributed by atoms with Gasteiger partial charge in [-0.25, -0.2) is 0 Å². The van der Waals surface area contributed by atoms with Crippen molar-refractivity contribution >= 4 is 20.5 Å². The summed E-state index contributed by atoms with van der Waals surface area (Å²) in [5, 5.41) is 0. The van der Waals surface area contributed by atoms with E-state index in [9.17, 15) is 9.59 Å². The SMILES string of the molecule is Cc1cc(C2C(=O)Oc3c2cc(C(C)(C)C)cc3C(C)(C)C)cc(C)c1OP(Oc1ccccc1)Oc1c(C)cc(C2C(=O)Oc3c2cc(C(C)(C)C)cc3C(C)(C)C)cc1C. The van der Waals surface area contributed by atoms with E-state index in [0.29, 0.717) is 28.7 Å². The number of hydrogen-bond donors (Lipinski definition) is 0. The molecule has 0 fully saturated rings. The molecule has 0 radical (unpaired) electrons. The van der Waals surface area contributed by atoms with E-state index >= 15 is 0 Å². The van der Waals surface area contributed by atoms with Crippen LogP contribution in [0.4, 0.5) is 0 Å². The number of benzene rings is 5. The molecule has 0 aromatic heterocycles. The van der Waals surface area contributed by atoms with Crippen molar-refractivity contribution in [3.63, 3.8) is 0 Å². The maximum atomic E-state index is 13.8. The third-order valence-electron chi connectivity index (χ3n) is 12.0. The molecule has 7 nitrogen and oxygen atoms in total. The van der Waals surface area contributed by atoms with E-state index in [1.807, 2.05) is 82.3 Å². The highest BCUT2D eigenvalue weighted by atomic mass is 31.2. The maximum absolute atomic E-state index is 13.8. The number of rotatable bonds is 8. The summed E-state index contributed by atoms with van der Waals surface area (Å²) in [6, 6.07) is 26.2. The van der Waals surface area contributed by atoms with Crippen LogP contribution in [0.2, 0.25) is 0 Å². The van der Waals surface area contributed by atoms with Crippen molar-refractivity contribution in [3.8, 4) is 28.7 Å². The van der Waals surface area contributed by atoms with Crippen LogP contribution in [0.15, 0.2) is 78.9 Å². The average Bonchev–Trinajstić information content (AvgIpc) is 3.67. The molecule has 8 heteroatoms. The molecule has 0 spiro atoms. The molecular formula is C54H63O7P. The lowest BCUT2D eigenvalue weighted by atomic mass is 9.77. The Morgan fingerprint density at radius 1 is 0.468 bits per heavy atom. The van der Waals surface area contributed by atoms with E-state index in [4.69, 9.17) is 23.0 Å². The van der Waals surface area contributed by atoms with Crippen molar-refractivity contribution in [2.24, 2.45) is 0 Å². The van der Waals surface area contributed by atoms with E-state index in [0.717, 1.165) is 66.8 Å². The van der Waals surface area contributed by atoms with Gasteiger partial charge in [-0.1, -0.05) is 150 Å². The van der Waals surface area contributed by atoms with Gasteiger partial charge in [0.05, 0.1) is 0 Å². The van der Waals surface area contributed by atoms with Crippen LogP contribution in [-0.2, 0) is 31.2 Å². The molecule has 0 saturated heterocycles. The highest BCUT2D eigenvalue weighted by Crippen LogP contribution is 2.52. The predicted molar refractivity (Wildman–Crippen MR) is 250 cm³/mol.